The summed E-state index contributed by atoms with van der Waals surface area (Å²) >= 11 is 0. The molecule has 0 bridgehead atoms. The molecule has 2 saturated carbocycles. The van der Waals surface area contributed by atoms with Crippen LogP contribution in [-0.2, 0) is 4.79 Å². The highest BCUT2D eigenvalue weighted by Gasteiger charge is 2.57. The summed E-state index contributed by atoms with van der Waals surface area (Å²) in [4.78, 5) is 26.7. The predicted molar refractivity (Wildman–Crippen MR) is 161 cm³/mol. The second kappa shape index (κ2) is 10.9. The maximum atomic E-state index is 15.1. The molecule has 8 nitrogen and oxygen atoms in total. The number of rotatable bonds is 8. The van der Waals surface area contributed by atoms with E-state index >= 15 is 4.39 Å². The average molecular weight is 567 g/mol. The molecule has 3 aliphatic rings. The molecular weight excluding hydrogens is 531 g/mol. The zero-order valence-electron chi connectivity index (χ0n) is 23.8. The summed E-state index contributed by atoms with van der Waals surface area (Å²) in [6.07, 6.45) is 10.8. The number of hydrogen-bond donors (Lipinski definition) is 3. The number of hydrogen-bond acceptors (Lipinski definition) is 7. The smallest absolute Gasteiger partial charge is 0.228 e. The van der Waals surface area contributed by atoms with Crippen LogP contribution in [0.25, 0.3) is 22.0 Å². The topological polar surface area (TPSA) is 101 Å². The Kier molecular flexibility index (Phi) is 6.98. The molecule has 216 valence electrons. The van der Waals surface area contributed by atoms with Crippen LogP contribution in [0.3, 0.4) is 0 Å². The third kappa shape index (κ3) is 5.17. The number of carbonyl (C=O) groups excluding carboxylic acids is 1. The molecule has 1 amide bonds. The summed E-state index contributed by atoms with van der Waals surface area (Å²) in [5.74, 6) is 1.31. The molecule has 3 fully saturated rings. The summed E-state index contributed by atoms with van der Waals surface area (Å²) in [6.45, 7) is 3.85. The van der Waals surface area contributed by atoms with Crippen molar-refractivity contribution >= 4 is 28.3 Å². The predicted octanol–water partition coefficient (Wildman–Crippen LogP) is 6.61. The third-order valence-corrected chi connectivity index (χ3v) is 9.23. The first-order valence-corrected chi connectivity index (χ1v) is 14.9. The van der Waals surface area contributed by atoms with Crippen molar-refractivity contribution in [3.63, 3.8) is 0 Å². The minimum atomic E-state index is -0.465. The number of aromatic nitrogens is 3. The Hall–Kier alpha value is -4.11. The Morgan fingerprint density at radius 3 is 2.76 bits per heavy atom. The first kappa shape index (κ1) is 26.8. The molecule has 3 heterocycles. The van der Waals surface area contributed by atoms with Crippen LogP contribution in [0.4, 0.5) is 16.0 Å². The highest BCUT2D eigenvalue weighted by atomic mass is 19.1. The summed E-state index contributed by atoms with van der Waals surface area (Å²) in [5.41, 5.74) is 2.84. The van der Waals surface area contributed by atoms with E-state index in [0.29, 0.717) is 57.4 Å². The van der Waals surface area contributed by atoms with Gasteiger partial charge in [-0.25, -0.2) is 19.3 Å². The van der Waals surface area contributed by atoms with Gasteiger partial charge in [-0.3, -0.25) is 4.79 Å². The quantitative estimate of drug-likeness (QED) is 0.221. The lowest BCUT2D eigenvalue weighted by atomic mass is 9.79. The van der Waals surface area contributed by atoms with Crippen LogP contribution in [0, 0.1) is 24.1 Å². The zero-order valence-corrected chi connectivity index (χ0v) is 23.8. The maximum absolute atomic E-state index is 15.1. The number of pyridine rings is 1. The van der Waals surface area contributed by atoms with Crippen molar-refractivity contribution in [1.29, 1.82) is 0 Å². The van der Waals surface area contributed by atoms with Crippen LogP contribution >= 0.6 is 0 Å². The summed E-state index contributed by atoms with van der Waals surface area (Å²) in [5, 5.41) is 11.0. The molecule has 7 rings (SSSR count). The van der Waals surface area contributed by atoms with Crippen LogP contribution in [-0.4, -0.2) is 40.0 Å². The number of nitrogens with zero attached hydrogens (tertiary/aromatic N) is 3. The number of ether oxygens (including phenoxy) is 1. The monoisotopic (exact) mass is 566 g/mol. The molecule has 2 aromatic heterocycles. The maximum Gasteiger partial charge on any atom is 0.228 e. The molecule has 0 radical (unpaired) electrons. The number of fused-ring (bicyclic) bond motifs is 1. The number of piperidine rings is 1. The van der Waals surface area contributed by atoms with Crippen molar-refractivity contribution in [3.8, 4) is 22.9 Å². The lowest BCUT2D eigenvalue weighted by Crippen LogP contribution is -2.38. The van der Waals surface area contributed by atoms with Crippen LogP contribution in [0.5, 0.6) is 11.6 Å². The largest absolute Gasteiger partial charge is 0.437 e. The number of amides is 1. The van der Waals surface area contributed by atoms with E-state index in [1.165, 1.54) is 25.3 Å². The van der Waals surface area contributed by atoms with Gasteiger partial charge in [0.15, 0.2) is 0 Å². The van der Waals surface area contributed by atoms with E-state index < -0.39 is 5.82 Å². The fourth-order valence-corrected chi connectivity index (χ4v) is 6.60. The van der Waals surface area contributed by atoms with Gasteiger partial charge in [-0.2, -0.15) is 0 Å². The van der Waals surface area contributed by atoms with Crippen molar-refractivity contribution in [2.45, 2.75) is 57.9 Å². The normalized spacial score (nSPS) is 20.6. The van der Waals surface area contributed by atoms with Crippen molar-refractivity contribution in [2.75, 3.05) is 23.7 Å². The first-order chi connectivity index (χ1) is 20.5. The van der Waals surface area contributed by atoms with Gasteiger partial charge in [-0.05, 0) is 92.8 Å². The number of carbonyl (C=O) groups is 1. The Labute approximate surface area is 244 Å². The van der Waals surface area contributed by atoms with Crippen molar-refractivity contribution in [2.24, 2.45) is 11.3 Å². The molecule has 3 N–H and O–H groups in total. The molecule has 2 aliphatic carbocycles. The molecular formula is C33H35FN6O2. The number of aryl methyl sites for hydroxylation is 1. The van der Waals surface area contributed by atoms with E-state index in [-0.39, 0.29) is 17.6 Å². The third-order valence-electron chi connectivity index (χ3n) is 9.23. The van der Waals surface area contributed by atoms with Crippen LogP contribution in [0.2, 0.25) is 0 Å². The van der Waals surface area contributed by atoms with Gasteiger partial charge in [-0.15, -0.1) is 0 Å². The van der Waals surface area contributed by atoms with Crippen molar-refractivity contribution in [1.82, 2.24) is 20.3 Å². The Morgan fingerprint density at radius 1 is 1.10 bits per heavy atom. The number of benzene rings is 2. The number of halogens is 1. The Morgan fingerprint density at radius 2 is 1.98 bits per heavy atom. The fourth-order valence-electron chi connectivity index (χ4n) is 6.60. The lowest BCUT2D eigenvalue weighted by Gasteiger charge is -2.26. The van der Waals surface area contributed by atoms with E-state index in [2.05, 4.69) is 25.9 Å². The Balaban J connectivity index is 1.17. The molecule has 9 heteroatoms. The standard InChI is InChI=1S/C33H35FN6O2/c1-20-7-8-23-24(9-10-26(34)29(23)40-28(41)17-21-18-33(21)12-4-13-33)30(20)42-31-25(6-3-15-36-31)27-11-16-37-32(39-27)38-22-5-2-14-35-19-22/h3,6-11,15-16,21-22,35H,2,4-5,12-14,17-19H2,1H3,(H,40,41)(H,37,38,39)/t21-,22+/m1/s1. The highest BCUT2D eigenvalue weighted by molar-refractivity contribution is 6.05. The van der Waals surface area contributed by atoms with Gasteiger partial charge in [0.2, 0.25) is 17.7 Å². The van der Waals surface area contributed by atoms with Gasteiger partial charge < -0.3 is 20.7 Å². The van der Waals surface area contributed by atoms with Gasteiger partial charge in [0.1, 0.15) is 11.6 Å². The summed E-state index contributed by atoms with van der Waals surface area (Å²) in [6, 6.07) is 12.7. The first-order valence-electron chi connectivity index (χ1n) is 14.9. The lowest BCUT2D eigenvalue weighted by molar-refractivity contribution is -0.116. The number of anilines is 2. The molecule has 2 atom stereocenters. The van der Waals surface area contributed by atoms with E-state index in [1.807, 2.05) is 37.3 Å². The summed E-state index contributed by atoms with van der Waals surface area (Å²) < 4.78 is 21.6. The molecule has 42 heavy (non-hydrogen) atoms. The Bertz CT molecular complexity index is 1650. The van der Waals surface area contributed by atoms with Crippen molar-refractivity contribution < 1.29 is 13.9 Å². The van der Waals surface area contributed by atoms with Crippen LogP contribution in [0.1, 0.15) is 50.5 Å². The SMILES string of the molecule is Cc1ccc2c(NC(=O)C[C@@H]3CC34CCC4)c(F)ccc2c1Oc1ncccc1-c1ccnc(N[C@H]2CCCNC2)n1. The van der Waals surface area contributed by atoms with Crippen molar-refractivity contribution in [3.05, 3.63) is 66.2 Å². The van der Waals surface area contributed by atoms with Gasteiger partial charge in [0, 0.05) is 42.2 Å². The second-order valence-electron chi connectivity index (χ2n) is 12.0. The van der Waals surface area contributed by atoms with E-state index in [1.54, 1.807) is 18.5 Å². The van der Waals surface area contributed by atoms with Crippen LogP contribution in [0.15, 0.2) is 54.9 Å². The molecule has 4 aromatic rings. The average Bonchev–Trinajstić information content (AvgIpc) is 3.72. The van der Waals surface area contributed by atoms with Crippen LogP contribution < -0.4 is 20.7 Å². The molecule has 2 aromatic carbocycles. The van der Waals surface area contributed by atoms with Gasteiger partial charge in [0.05, 0.1) is 16.9 Å². The molecule has 1 spiro atoms. The molecule has 0 unspecified atom stereocenters. The number of nitrogens with one attached hydrogen (secondary N) is 3. The van der Waals surface area contributed by atoms with E-state index in [9.17, 15) is 4.79 Å². The summed E-state index contributed by atoms with van der Waals surface area (Å²) in [7, 11) is 0. The molecule has 1 saturated heterocycles. The van der Waals surface area contributed by atoms with Gasteiger partial charge >= 0.3 is 0 Å². The van der Waals surface area contributed by atoms with E-state index in [4.69, 9.17) is 9.72 Å². The van der Waals surface area contributed by atoms with E-state index in [0.717, 1.165) is 37.9 Å². The molecule has 1 aliphatic heterocycles. The minimum absolute atomic E-state index is 0.137. The van der Waals surface area contributed by atoms with Gasteiger partial charge in [-0.1, -0.05) is 18.6 Å². The zero-order chi connectivity index (χ0) is 28.7. The fraction of sp³-hybridized carbons (Fsp3) is 0.394. The highest BCUT2D eigenvalue weighted by Crippen LogP contribution is 2.66. The van der Waals surface area contributed by atoms with Gasteiger partial charge in [0.25, 0.3) is 0 Å². The minimum Gasteiger partial charge on any atom is -0.437 e. The second-order valence-corrected chi connectivity index (χ2v) is 12.0.